The maximum atomic E-state index is 4.64. The molecule has 1 N–H and O–H groups in total. The van der Waals surface area contributed by atoms with Gasteiger partial charge in [-0.25, -0.2) is 4.98 Å². The van der Waals surface area contributed by atoms with E-state index in [0.717, 1.165) is 23.7 Å². The Kier molecular flexibility index (Phi) is 5.15. The summed E-state index contributed by atoms with van der Waals surface area (Å²) in [5.41, 5.74) is 3.59. The van der Waals surface area contributed by atoms with E-state index in [1.807, 2.05) is 6.92 Å². The zero-order valence-electron chi connectivity index (χ0n) is 12.7. The van der Waals surface area contributed by atoms with Crippen molar-refractivity contribution in [3.05, 3.63) is 45.9 Å². The molecule has 1 heterocycles. The number of aryl methyl sites for hydroxylation is 1. The summed E-state index contributed by atoms with van der Waals surface area (Å²) in [5, 5.41) is 6.86. The lowest BCUT2D eigenvalue weighted by Gasteiger charge is -2.18. The molecule has 4 heteroatoms. The van der Waals surface area contributed by atoms with E-state index in [1.165, 1.54) is 11.3 Å². The highest BCUT2D eigenvalue weighted by atomic mass is 32.1. The standard InChI is InChI=1S/C16H23N3S/c1-5-10-17-15(16-18-12(2)11-20-16)13-6-8-14(9-7-13)19(3)4/h6-9,11,15,17H,5,10H2,1-4H3. The average Bonchev–Trinajstić information content (AvgIpc) is 2.86. The van der Waals surface area contributed by atoms with Gasteiger partial charge in [0.25, 0.3) is 0 Å². The van der Waals surface area contributed by atoms with Crippen LogP contribution in [-0.2, 0) is 0 Å². The first kappa shape index (κ1) is 15.0. The minimum absolute atomic E-state index is 0.199. The molecule has 0 saturated heterocycles. The first-order chi connectivity index (χ1) is 9.61. The number of rotatable bonds is 6. The van der Waals surface area contributed by atoms with E-state index in [0.29, 0.717) is 0 Å². The Balaban J connectivity index is 2.26. The van der Waals surface area contributed by atoms with Crippen molar-refractivity contribution < 1.29 is 0 Å². The monoisotopic (exact) mass is 289 g/mol. The van der Waals surface area contributed by atoms with Crippen LogP contribution in [0.25, 0.3) is 0 Å². The predicted molar refractivity (Wildman–Crippen MR) is 87.8 cm³/mol. The smallest absolute Gasteiger partial charge is 0.114 e. The van der Waals surface area contributed by atoms with Gasteiger partial charge in [0.15, 0.2) is 0 Å². The van der Waals surface area contributed by atoms with Gasteiger partial charge < -0.3 is 10.2 Å². The Hall–Kier alpha value is -1.39. The normalized spacial score (nSPS) is 12.4. The fourth-order valence-electron chi connectivity index (χ4n) is 2.11. The second-order valence-electron chi connectivity index (χ2n) is 5.20. The number of benzene rings is 1. The summed E-state index contributed by atoms with van der Waals surface area (Å²) in [4.78, 5) is 6.76. The van der Waals surface area contributed by atoms with Gasteiger partial charge in [-0.2, -0.15) is 0 Å². The van der Waals surface area contributed by atoms with E-state index in [1.54, 1.807) is 11.3 Å². The molecule has 1 atom stereocenters. The second-order valence-corrected chi connectivity index (χ2v) is 6.09. The summed E-state index contributed by atoms with van der Waals surface area (Å²) in [7, 11) is 4.12. The van der Waals surface area contributed by atoms with Crippen LogP contribution in [-0.4, -0.2) is 25.6 Å². The first-order valence-electron chi connectivity index (χ1n) is 7.04. The van der Waals surface area contributed by atoms with Crippen molar-refractivity contribution in [1.82, 2.24) is 10.3 Å². The molecular weight excluding hydrogens is 266 g/mol. The zero-order valence-corrected chi connectivity index (χ0v) is 13.5. The third-order valence-electron chi connectivity index (χ3n) is 3.23. The van der Waals surface area contributed by atoms with Gasteiger partial charge in [0.2, 0.25) is 0 Å². The van der Waals surface area contributed by atoms with Crippen LogP contribution < -0.4 is 10.2 Å². The number of hydrogen-bond donors (Lipinski definition) is 1. The lowest BCUT2D eigenvalue weighted by atomic mass is 10.1. The van der Waals surface area contributed by atoms with E-state index < -0.39 is 0 Å². The number of nitrogens with one attached hydrogen (secondary N) is 1. The van der Waals surface area contributed by atoms with Gasteiger partial charge in [0.1, 0.15) is 5.01 Å². The minimum Gasteiger partial charge on any atom is -0.378 e. The van der Waals surface area contributed by atoms with Crippen molar-refractivity contribution in [3.8, 4) is 0 Å². The summed E-state index contributed by atoms with van der Waals surface area (Å²) in [6, 6.07) is 8.91. The van der Waals surface area contributed by atoms with Gasteiger partial charge in [0, 0.05) is 30.9 Å². The Morgan fingerprint density at radius 1 is 1.25 bits per heavy atom. The van der Waals surface area contributed by atoms with E-state index >= 15 is 0 Å². The van der Waals surface area contributed by atoms with Crippen molar-refractivity contribution >= 4 is 17.0 Å². The van der Waals surface area contributed by atoms with Crippen LogP contribution in [0, 0.1) is 6.92 Å². The highest BCUT2D eigenvalue weighted by Crippen LogP contribution is 2.26. The van der Waals surface area contributed by atoms with E-state index in [-0.39, 0.29) is 6.04 Å². The van der Waals surface area contributed by atoms with Gasteiger partial charge in [-0.15, -0.1) is 11.3 Å². The molecule has 0 spiro atoms. The largest absolute Gasteiger partial charge is 0.378 e. The molecule has 2 aromatic rings. The van der Waals surface area contributed by atoms with Crippen molar-refractivity contribution in [2.75, 3.05) is 25.5 Å². The first-order valence-corrected chi connectivity index (χ1v) is 7.92. The second kappa shape index (κ2) is 6.86. The Morgan fingerprint density at radius 2 is 1.95 bits per heavy atom. The topological polar surface area (TPSA) is 28.2 Å². The van der Waals surface area contributed by atoms with Crippen LogP contribution in [0.4, 0.5) is 5.69 Å². The average molecular weight is 289 g/mol. The number of anilines is 1. The van der Waals surface area contributed by atoms with Crippen LogP contribution in [0.15, 0.2) is 29.6 Å². The fraction of sp³-hybridized carbons (Fsp3) is 0.438. The molecule has 0 saturated carbocycles. The highest BCUT2D eigenvalue weighted by molar-refractivity contribution is 7.09. The summed E-state index contributed by atoms with van der Waals surface area (Å²) < 4.78 is 0. The van der Waals surface area contributed by atoms with Crippen molar-refractivity contribution in [2.45, 2.75) is 26.3 Å². The molecule has 0 fully saturated rings. The number of hydrogen-bond acceptors (Lipinski definition) is 4. The maximum absolute atomic E-state index is 4.64. The van der Waals surface area contributed by atoms with E-state index in [2.05, 4.69) is 65.9 Å². The van der Waals surface area contributed by atoms with Gasteiger partial charge >= 0.3 is 0 Å². The summed E-state index contributed by atoms with van der Waals surface area (Å²) in [6.45, 7) is 5.23. The maximum Gasteiger partial charge on any atom is 0.114 e. The van der Waals surface area contributed by atoms with E-state index in [4.69, 9.17) is 0 Å². The molecule has 0 aliphatic heterocycles. The van der Waals surface area contributed by atoms with Crippen LogP contribution in [0.5, 0.6) is 0 Å². The molecule has 0 aliphatic rings. The third-order valence-corrected chi connectivity index (χ3v) is 4.25. The highest BCUT2D eigenvalue weighted by Gasteiger charge is 2.16. The van der Waals surface area contributed by atoms with Gasteiger partial charge in [-0.05, 0) is 37.6 Å². The zero-order chi connectivity index (χ0) is 14.5. The molecule has 0 bridgehead atoms. The Labute approximate surface area is 125 Å². The lowest BCUT2D eigenvalue weighted by molar-refractivity contribution is 0.595. The molecule has 0 amide bonds. The van der Waals surface area contributed by atoms with E-state index in [9.17, 15) is 0 Å². The molecule has 1 aromatic heterocycles. The number of thiazole rings is 1. The van der Waals surface area contributed by atoms with Crippen molar-refractivity contribution in [1.29, 1.82) is 0 Å². The summed E-state index contributed by atoms with van der Waals surface area (Å²) in [6.07, 6.45) is 1.12. The molecular formula is C16H23N3S. The molecule has 3 nitrogen and oxygen atoms in total. The van der Waals surface area contributed by atoms with Crippen LogP contribution >= 0.6 is 11.3 Å². The Bertz CT molecular complexity index is 531. The molecule has 1 unspecified atom stereocenters. The fourth-order valence-corrected chi connectivity index (χ4v) is 3.00. The molecule has 20 heavy (non-hydrogen) atoms. The van der Waals surface area contributed by atoms with Gasteiger partial charge in [-0.3, -0.25) is 0 Å². The summed E-state index contributed by atoms with van der Waals surface area (Å²) >= 11 is 1.73. The van der Waals surface area contributed by atoms with Gasteiger partial charge in [-0.1, -0.05) is 19.1 Å². The van der Waals surface area contributed by atoms with Crippen molar-refractivity contribution in [3.63, 3.8) is 0 Å². The predicted octanol–water partition coefficient (Wildman–Crippen LogP) is 3.61. The lowest BCUT2D eigenvalue weighted by Crippen LogP contribution is -2.23. The van der Waals surface area contributed by atoms with Crippen LogP contribution in [0.3, 0.4) is 0 Å². The van der Waals surface area contributed by atoms with Crippen LogP contribution in [0.2, 0.25) is 0 Å². The molecule has 1 aromatic carbocycles. The SMILES string of the molecule is CCCNC(c1ccc(N(C)C)cc1)c1nc(C)cs1. The van der Waals surface area contributed by atoms with Crippen LogP contribution in [0.1, 0.15) is 35.7 Å². The van der Waals surface area contributed by atoms with Crippen molar-refractivity contribution in [2.24, 2.45) is 0 Å². The number of nitrogens with zero attached hydrogens (tertiary/aromatic N) is 2. The molecule has 0 radical (unpaired) electrons. The minimum atomic E-state index is 0.199. The molecule has 2 rings (SSSR count). The summed E-state index contributed by atoms with van der Waals surface area (Å²) in [5.74, 6) is 0. The quantitative estimate of drug-likeness (QED) is 0.880. The van der Waals surface area contributed by atoms with Gasteiger partial charge in [0.05, 0.1) is 6.04 Å². The molecule has 0 aliphatic carbocycles. The third kappa shape index (κ3) is 3.58. The Morgan fingerprint density at radius 3 is 2.45 bits per heavy atom. The number of aromatic nitrogens is 1. The molecule has 108 valence electrons.